The highest BCUT2D eigenvalue weighted by molar-refractivity contribution is 8.00. The zero-order valence-electron chi connectivity index (χ0n) is 10.4. The molecule has 1 aliphatic rings. The molecule has 1 aliphatic heterocycles. The fourth-order valence-corrected chi connectivity index (χ4v) is 2.72. The molecule has 1 heterocycles. The van der Waals surface area contributed by atoms with E-state index in [-0.39, 0.29) is 23.0 Å². The zero-order chi connectivity index (χ0) is 13.3. The van der Waals surface area contributed by atoms with Crippen LogP contribution in [0.25, 0.3) is 0 Å². The molecule has 2 unspecified atom stereocenters. The number of Topliss-reactive ketones (excluding diaryl/α,β-unsaturated/α-hetero) is 1. The van der Waals surface area contributed by atoms with Crippen molar-refractivity contribution >= 4 is 29.1 Å². The Balaban J connectivity index is 2.25. The van der Waals surface area contributed by atoms with Gasteiger partial charge in [-0.2, -0.15) is 0 Å². The number of nitrogens with two attached hydrogens (primary N) is 1. The van der Waals surface area contributed by atoms with Gasteiger partial charge in [-0.05, 0) is 26.0 Å². The van der Waals surface area contributed by atoms with Crippen LogP contribution in [-0.2, 0) is 4.79 Å². The van der Waals surface area contributed by atoms with Gasteiger partial charge in [0.25, 0.3) is 0 Å². The SMILES string of the molecule is CC(N)CC(=O)c1ccc2c(c1)NC(=O)C(C)S2. The molecule has 2 rings (SSSR count). The van der Waals surface area contributed by atoms with Crippen LogP contribution in [0.5, 0.6) is 0 Å². The monoisotopic (exact) mass is 264 g/mol. The number of rotatable bonds is 3. The summed E-state index contributed by atoms with van der Waals surface area (Å²) in [7, 11) is 0. The molecule has 0 aliphatic carbocycles. The minimum Gasteiger partial charge on any atom is -0.328 e. The Morgan fingerprint density at radius 2 is 2.28 bits per heavy atom. The Hall–Kier alpha value is -1.33. The second-order valence-electron chi connectivity index (χ2n) is 4.56. The minimum atomic E-state index is -0.155. The summed E-state index contributed by atoms with van der Waals surface area (Å²) in [4.78, 5) is 24.5. The molecule has 18 heavy (non-hydrogen) atoms. The van der Waals surface area contributed by atoms with Crippen LogP contribution in [0.2, 0.25) is 0 Å². The number of anilines is 1. The Morgan fingerprint density at radius 3 is 2.94 bits per heavy atom. The molecule has 0 fully saturated rings. The van der Waals surface area contributed by atoms with Crippen molar-refractivity contribution in [2.45, 2.75) is 36.5 Å². The van der Waals surface area contributed by atoms with Gasteiger partial charge in [0.2, 0.25) is 5.91 Å². The van der Waals surface area contributed by atoms with E-state index in [1.165, 1.54) is 11.8 Å². The van der Waals surface area contributed by atoms with Crippen LogP contribution in [-0.4, -0.2) is 23.0 Å². The van der Waals surface area contributed by atoms with E-state index in [1.807, 2.05) is 13.0 Å². The fourth-order valence-electron chi connectivity index (χ4n) is 1.79. The molecule has 2 atom stereocenters. The van der Waals surface area contributed by atoms with Crippen LogP contribution < -0.4 is 11.1 Å². The number of nitrogens with one attached hydrogen (secondary N) is 1. The third-order valence-corrected chi connectivity index (χ3v) is 3.92. The van der Waals surface area contributed by atoms with Gasteiger partial charge in [-0.3, -0.25) is 9.59 Å². The maximum absolute atomic E-state index is 11.9. The Bertz CT molecular complexity index is 500. The van der Waals surface area contributed by atoms with E-state index in [9.17, 15) is 9.59 Å². The summed E-state index contributed by atoms with van der Waals surface area (Å²) in [5.41, 5.74) is 6.93. The van der Waals surface area contributed by atoms with E-state index >= 15 is 0 Å². The van der Waals surface area contributed by atoms with Crippen molar-refractivity contribution in [1.82, 2.24) is 0 Å². The number of fused-ring (bicyclic) bond motifs is 1. The molecule has 1 aromatic rings. The number of benzene rings is 1. The molecule has 1 aromatic carbocycles. The molecule has 0 aromatic heterocycles. The predicted octanol–water partition coefficient (Wildman–Crippen LogP) is 2.04. The van der Waals surface area contributed by atoms with Gasteiger partial charge in [-0.1, -0.05) is 6.07 Å². The van der Waals surface area contributed by atoms with Crippen molar-refractivity contribution in [3.63, 3.8) is 0 Å². The van der Waals surface area contributed by atoms with Gasteiger partial charge in [0.15, 0.2) is 5.78 Å². The van der Waals surface area contributed by atoms with E-state index in [4.69, 9.17) is 5.73 Å². The number of ketones is 1. The van der Waals surface area contributed by atoms with Gasteiger partial charge in [0.1, 0.15) is 0 Å². The van der Waals surface area contributed by atoms with Gasteiger partial charge in [-0.15, -0.1) is 11.8 Å². The molecule has 0 saturated carbocycles. The van der Waals surface area contributed by atoms with Gasteiger partial charge in [0.05, 0.1) is 10.9 Å². The number of thioether (sulfide) groups is 1. The van der Waals surface area contributed by atoms with Crippen molar-refractivity contribution in [3.05, 3.63) is 23.8 Å². The maximum Gasteiger partial charge on any atom is 0.237 e. The van der Waals surface area contributed by atoms with Crippen LogP contribution in [0.3, 0.4) is 0 Å². The highest BCUT2D eigenvalue weighted by Crippen LogP contribution is 2.36. The minimum absolute atomic E-state index is 0.00525. The lowest BCUT2D eigenvalue weighted by atomic mass is 10.0. The standard InChI is InChI=1S/C13H16N2O2S/c1-7(14)5-11(16)9-3-4-12-10(6-9)15-13(17)8(2)18-12/h3-4,6-8H,5,14H2,1-2H3,(H,15,17). The van der Waals surface area contributed by atoms with Crippen LogP contribution in [0, 0.1) is 0 Å². The predicted molar refractivity (Wildman–Crippen MR) is 73.0 cm³/mol. The lowest BCUT2D eigenvalue weighted by Gasteiger charge is -2.21. The Labute approximate surface area is 110 Å². The summed E-state index contributed by atoms with van der Waals surface area (Å²) < 4.78 is 0. The Morgan fingerprint density at radius 1 is 1.56 bits per heavy atom. The second kappa shape index (κ2) is 5.12. The first-order valence-electron chi connectivity index (χ1n) is 5.87. The summed E-state index contributed by atoms with van der Waals surface area (Å²) in [6.45, 7) is 3.66. The van der Waals surface area contributed by atoms with Gasteiger partial charge in [0, 0.05) is 22.9 Å². The molecular formula is C13H16N2O2S. The van der Waals surface area contributed by atoms with Crippen molar-refractivity contribution in [2.75, 3.05) is 5.32 Å². The molecule has 0 saturated heterocycles. The molecule has 3 N–H and O–H groups in total. The summed E-state index contributed by atoms with van der Waals surface area (Å²) >= 11 is 1.51. The van der Waals surface area contributed by atoms with Gasteiger partial charge >= 0.3 is 0 Å². The van der Waals surface area contributed by atoms with Gasteiger partial charge in [-0.25, -0.2) is 0 Å². The lowest BCUT2D eigenvalue weighted by Crippen LogP contribution is -2.26. The van der Waals surface area contributed by atoms with E-state index in [1.54, 1.807) is 19.1 Å². The van der Waals surface area contributed by atoms with Crippen LogP contribution in [0.15, 0.2) is 23.1 Å². The van der Waals surface area contributed by atoms with Crippen molar-refractivity contribution in [2.24, 2.45) is 5.73 Å². The third kappa shape index (κ3) is 2.73. The molecule has 0 bridgehead atoms. The van der Waals surface area contributed by atoms with Crippen molar-refractivity contribution in [1.29, 1.82) is 0 Å². The van der Waals surface area contributed by atoms with Crippen LogP contribution in [0.4, 0.5) is 5.69 Å². The first kappa shape index (κ1) is 13.1. The number of carbonyl (C=O) groups is 2. The quantitative estimate of drug-likeness (QED) is 0.819. The summed E-state index contributed by atoms with van der Waals surface area (Å²) in [6.07, 6.45) is 0.316. The van der Waals surface area contributed by atoms with Crippen molar-refractivity contribution < 1.29 is 9.59 Å². The third-order valence-electron chi connectivity index (χ3n) is 2.74. The summed E-state index contributed by atoms with van der Waals surface area (Å²) in [5.74, 6) is -0.0186. The topological polar surface area (TPSA) is 72.2 Å². The molecule has 4 nitrogen and oxygen atoms in total. The largest absolute Gasteiger partial charge is 0.328 e. The molecule has 1 amide bonds. The molecule has 96 valence electrons. The highest BCUT2D eigenvalue weighted by atomic mass is 32.2. The fraction of sp³-hybridized carbons (Fsp3) is 0.385. The summed E-state index contributed by atoms with van der Waals surface area (Å²) in [5, 5.41) is 2.72. The van der Waals surface area contributed by atoms with Crippen molar-refractivity contribution in [3.8, 4) is 0 Å². The Kier molecular flexibility index (Phi) is 3.73. The lowest BCUT2D eigenvalue weighted by molar-refractivity contribution is -0.115. The van der Waals surface area contributed by atoms with Crippen LogP contribution in [0.1, 0.15) is 30.6 Å². The number of hydrogen-bond donors (Lipinski definition) is 2. The number of amides is 1. The number of carbonyl (C=O) groups excluding carboxylic acids is 2. The average Bonchev–Trinajstić information content (AvgIpc) is 2.29. The second-order valence-corrected chi connectivity index (χ2v) is 5.95. The van der Waals surface area contributed by atoms with Crippen LogP contribution >= 0.6 is 11.8 Å². The van der Waals surface area contributed by atoms with E-state index in [2.05, 4.69) is 5.32 Å². The maximum atomic E-state index is 11.9. The average molecular weight is 264 g/mol. The van der Waals surface area contributed by atoms with E-state index in [0.717, 1.165) is 10.6 Å². The zero-order valence-corrected chi connectivity index (χ0v) is 11.2. The van der Waals surface area contributed by atoms with E-state index in [0.29, 0.717) is 12.0 Å². The normalized spacial score (nSPS) is 19.9. The first-order valence-corrected chi connectivity index (χ1v) is 6.75. The van der Waals surface area contributed by atoms with E-state index < -0.39 is 0 Å². The highest BCUT2D eigenvalue weighted by Gasteiger charge is 2.23. The smallest absolute Gasteiger partial charge is 0.237 e. The van der Waals surface area contributed by atoms with Gasteiger partial charge < -0.3 is 11.1 Å². The summed E-state index contributed by atoms with van der Waals surface area (Å²) in [6, 6.07) is 5.25. The molecule has 5 heteroatoms. The molecule has 0 radical (unpaired) electrons. The molecular weight excluding hydrogens is 248 g/mol. The number of hydrogen-bond acceptors (Lipinski definition) is 4. The molecule has 0 spiro atoms. The first-order chi connectivity index (χ1) is 8.47.